The van der Waals surface area contributed by atoms with Crippen LogP contribution in [0.5, 0.6) is 11.5 Å². The molecule has 0 radical (unpaired) electrons. The summed E-state index contributed by atoms with van der Waals surface area (Å²) in [5.41, 5.74) is 3.02. The van der Waals surface area contributed by atoms with E-state index in [2.05, 4.69) is 30.8 Å². The number of aromatic nitrogens is 6. The summed E-state index contributed by atoms with van der Waals surface area (Å²) in [6.07, 6.45) is 8.47. The van der Waals surface area contributed by atoms with E-state index in [4.69, 9.17) is 9.84 Å². The number of urea groups is 1. The highest BCUT2D eigenvalue weighted by molar-refractivity contribution is 5.99. The van der Waals surface area contributed by atoms with Gasteiger partial charge in [0.15, 0.2) is 0 Å². The number of ether oxygens (including phenoxy) is 1. The fourth-order valence-electron chi connectivity index (χ4n) is 4.26. The SMILES string of the molecule is CC(C)c1cc(NC(=O)Nc2ccc(Oc3ccnc(-c4cn[nH]c4)c3)cc2F)n(-c2ccc3cnccc3c2)n1. The number of fused-ring (bicyclic) bond motifs is 1. The van der Waals surface area contributed by atoms with E-state index in [1.54, 1.807) is 59.9 Å². The Morgan fingerprint density at radius 1 is 0.951 bits per heavy atom. The number of anilines is 2. The van der Waals surface area contributed by atoms with E-state index in [1.165, 1.54) is 12.1 Å². The average molecular weight is 549 g/mol. The molecule has 2 aromatic carbocycles. The minimum atomic E-state index is -0.652. The first-order valence-electron chi connectivity index (χ1n) is 12.9. The maximum Gasteiger partial charge on any atom is 0.324 e. The predicted molar refractivity (Wildman–Crippen MR) is 154 cm³/mol. The third-order valence-corrected chi connectivity index (χ3v) is 6.38. The lowest BCUT2D eigenvalue weighted by molar-refractivity contribution is 0.262. The number of nitrogens with zero attached hydrogens (tertiary/aromatic N) is 5. The second kappa shape index (κ2) is 10.9. The predicted octanol–water partition coefficient (Wildman–Crippen LogP) is 6.90. The second-order valence-corrected chi connectivity index (χ2v) is 9.61. The van der Waals surface area contributed by atoms with Crippen molar-refractivity contribution < 1.29 is 13.9 Å². The molecule has 10 nitrogen and oxygen atoms in total. The number of hydrogen-bond donors (Lipinski definition) is 3. The number of aromatic amines is 1. The minimum Gasteiger partial charge on any atom is -0.457 e. The van der Waals surface area contributed by atoms with E-state index in [0.29, 0.717) is 17.3 Å². The molecule has 0 aliphatic carbocycles. The van der Waals surface area contributed by atoms with Crippen molar-refractivity contribution in [3.63, 3.8) is 0 Å². The number of amides is 2. The Morgan fingerprint density at radius 3 is 2.63 bits per heavy atom. The highest BCUT2D eigenvalue weighted by Crippen LogP contribution is 2.29. The highest BCUT2D eigenvalue weighted by atomic mass is 19.1. The van der Waals surface area contributed by atoms with Crippen LogP contribution in [0.1, 0.15) is 25.5 Å². The van der Waals surface area contributed by atoms with Crippen molar-refractivity contribution in [2.75, 3.05) is 10.6 Å². The van der Waals surface area contributed by atoms with Crippen molar-refractivity contribution in [2.45, 2.75) is 19.8 Å². The molecule has 204 valence electrons. The number of pyridine rings is 2. The zero-order valence-electron chi connectivity index (χ0n) is 22.2. The standard InChI is InChI=1S/C30H25FN8O2/c1-18(2)27-14-29(39(38-27)22-4-3-20-15-32-9-7-19(20)11-22)37-30(40)36-26-6-5-23(12-25(26)31)41-24-8-10-33-28(13-24)21-16-34-35-17-21/h3-18H,1-2H3,(H,34,35)(H2,36,37,40). The van der Waals surface area contributed by atoms with Crippen LogP contribution in [0.4, 0.5) is 20.7 Å². The fourth-order valence-corrected chi connectivity index (χ4v) is 4.26. The fraction of sp³-hybridized carbons (Fsp3) is 0.100. The molecule has 0 bridgehead atoms. The van der Waals surface area contributed by atoms with Gasteiger partial charge in [0.2, 0.25) is 0 Å². The largest absolute Gasteiger partial charge is 0.457 e. The number of nitrogens with one attached hydrogen (secondary N) is 3. The Bertz CT molecular complexity index is 1850. The van der Waals surface area contributed by atoms with Crippen LogP contribution in [-0.4, -0.2) is 36.0 Å². The van der Waals surface area contributed by atoms with E-state index >= 15 is 0 Å². The average Bonchev–Trinajstić information content (AvgIpc) is 3.66. The first-order chi connectivity index (χ1) is 19.9. The summed E-state index contributed by atoms with van der Waals surface area (Å²) in [5.74, 6) is 0.676. The van der Waals surface area contributed by atoms with Crippen LogP contribution in [0.3, 0.4) is 0 Å². The molecule has 6 aromatic rings. The molecule has 2 amide bonds. The molecule has 0 spiro atoms. The molecule has 0 aliphatic heterocycles. The monoisotopic (exact) mass is 548 g/mol. The molecule has 0 saturated carbocycles. The summed E-state index contributed by atoms with van der Waals surface area (Å²) < 4.78 is 22.5. The zero-order chi connectivity index (χ0) is 28.3. The van der Waals surface area contributed by atoms with Crippen LogP contribution < -0.4 is 15.4 Å². The first-order valence-corrected chi connectivity index (χ1v) is 12.9. The molecule has 4 heterocycles. The smallest absolute Gasteiger partial charge is 0.324 e. The number of rotatable bonds is 7. The normalized spacial score (nSPS) is 11.1. The lowest BCUT2D eigenvalue weighted by atomic mass is 10.1. The van der Waals surface area contributed by atoms with Gasteiger partial charge in [-0.3, -0.25) is 20.4 Å². The van der Waals surface area contributed by atoms with Gasteiger partial charge in [-0.25, -0.2) is 13.9 Å². The Kier molecular flexibility index (Phi) is 6.82. The van der Waals surface area contributed by atoms with Gasteiger partial charge in [-0.05, 0) is 47.7 Å². The Balaban J connectivity index is 1.18. The van der Waals surface area contributed by atoms with Gasteiger partial charge in [-0.2, -0.15) is 10.2 Å². The van der Waals surface area contributed by atoms with E-state index in [-0.39, 0.29) is 17.4 Å². The number of halogens is 1. The van der Waals surface area contributed by atoms with Crippen LogP contribution in [0.2, 0.25) is 0 Å². The van der Waals surface area contributed by atoms with Crippen LogP contribution in [0.25, 0.3) is 27.7 Å². The number of benzene rings is 2. The van der Waals surface area contributed by atoms with Gasteiger partial charge in [-0.1, -0.05) is 19.9 Å². The molecule has 0 unspecified atom stereocenters. The van der Waals surface area contributed by atoms with Crippen molar-refractivity contribution in [3.8, 4) is 28.4 Å². The molecule has 6 rings (SSSR count). The van der Waals surface area contributed by atoms with Crippen LogP contribution >= 0.6 is 0 Å². The van der Waals surface area contributed by atoms with E-state index in [9.17, 15) is 9.18 Å². The van der Waals surface area contributed by atoms with Gasteiger partial charge < -0.3 is 10.1 Å². The lowest BCUT2D eigenvalue weighted by Gasteiger charge is -2.12. The van der Waals surface area contributed by atoms with Crippen LogP contribution in [0.15, 0.2) is 91.6 Å². The van der Waals surface area contributed by atoms with Crippen LogP contribution in [-0.2, 0) is 0 Å². The van der Waals surface area contributed by atoms with E-state index < -0.39 is 11.8 Å². The van der Waals surface area contributed by atoms with Crippen molar-refractivity contribution in [1.29, 1.82) is 0 Å². The summed E-state index contributed by atoms with van der Waals surface area (Å²) >= 11 is 0. The molecule has 0 atom stereocenters. The number of carbonyl (C=O) groups excluding carboxylic acids is 1. The van der Waals surface area contributed by atoms with Gasteiger partial charge in [0.1, 0.15) is 23.1 Å². The van der Waals surface area contributed by atoms with Crippen molar-refractivity contribution in [3.05, 3.63) is 103 Å². The Hall–Kier alpha value is -5.58. The van der Waals surface area contributed by atoms with Gasteiger partial charge in [-0.15, -0.1) is 0 Å². The number of hydrogen-bond acceptors (Lipinski definition) is 6. The van der Waals surface area contributed by atoms with Crippen molar-refractivity contribution in [2.24, 2.45) is 0 Å². The summed E-state index contributed by atoms with van der Waals surface area (Å²) in [6, 6.07) is 16.5. The van der Waals surface area contributed by atoms with Gasteiger partial charge in [0.05, 0.1) is 29.0 Å². The van der Waals surface area contributed by atoms with Crippen molar-refractivity contribution >= 4 is 28.3 Å². The topological polar surface area (TPSA) is 123 Å². The summed E-state index contributed by atoms with van der Waals surface area (Å²) in [4.78, 5) is 21.4. The zero-order valence-corrected chi connectivity index (χ0v) is 22.2. The Labute approximate surface area is 234 Å². The number of carbonyl (C=O) groups is 1. The molecule has 4 aromatic heterocycles. The lowest BCUT2D eigenvalue weighted by Crippen LogP contribution is -2.22. The van der Waals surface area contributed by atoms with E-state index in [0.717, 1.165) is 27.7 Å². The van der Waals surface area contributed by atoms with Gasteiger partial charge >= 0.3 is 6.03 Å². The molecule has 0 saturated heterocycles. The molecular weight excluding hydrogens is 523 g/mol. The number of H-pyrrole nitrogens is 1. The molecular formula is C30H25FN8O2. The van der Waals surface area contributed by atoms with Crippen LogP contribution in [0, 0.1) is 5.82 Å². The molecule has 3 N–H and O–H groups in total. The summed E-state index contributed by atoms with van der Waals surface area (Å²) in [5, 5.41) is 18.7. The molecule has 41 heavy (non-hydrogen) atoms. The summed E-state index contributed by atoms with van der Waals surface area (Å²) in [6.45, 7) is 4.04. The summed E-state index contributed by atoms with van der Waals surface area (Å²) in [7, 11) is 0. The quantitative estimate of drug-likeness (QED) is 0.199. The van der Waals surface area contributed by atoms with Crippen molar-refractivity contribution in [1.82, 2.24) is 29.9 Å². The first kappa shape index (κ1) is 25.7. The third kappa shape index (κ3) is 5.59. The maximum absolute atomic E-state index is 15.0. The van der Waals surface area contributed by atoms with E-state index in [1.807, 2.05) is 38.1 Å². The Morgan fingerprint density at radius 2 is 1.83 bits per heavy atom. The maximum atomic E-state index is 15.0. The second-order valence-electron chi connectivity index (χ2n) is 9.61. The third-order valence-electron chi connectivity index (χ3n) is 6.38. The highest BCUT2D eigenvalue weighted by Gasteiger charge is 2.16. The minimum absolute atomic E-state index is 0.00276. The molecule has 11 heteroatoms. The van der Waals surface area contributed by atoms with Gasteiger partial charge in [0.25, 0.3) is 0 Å². The van der Waals surface area contributed by atoms with Gasteiger partial charge in [0, 0.05) is 53.9 Å². The molecule has 0 aliphatic rings. The molecule has 0 fully saturated rings.